The van der Waals surface area contributed by atoms with Crippen LogP contribution in [0.5, 0.6) is 0 Å². The molecule has 0 saturated heterocycles. The molecule has 1 aliphatic rings. The van der Waals surface area contributed by atoms with Gasteiger partial charge in [-0.15, -0.1) is 0 Å². The molecule has 1 fully saturated rings. The molecule has 0 spiro atoms. The van der Waals surface area contributed by atoms with Crippen molar-refractivity contribution in [2.75, 3.05) is 18.2 Å². The lowest BCUT2D eigenvalue weighted by Crippen LogP contribution is -2.26. The number of anilines is 2. The zero-order chi connectivity index (χ0) is 15.2. The number of benzene rings is 1. The van der Waals surface area contributed by atoms with Crippen molar-refractivity contribution in [1.29, 1.82) is 0 Å². The predicted octanol–water partition coefficient (Wildman–Crippen LogP) is 3.37. The summed E-state index contributed by atoms with van der Waals surface area (Å²) in [5.41, 5.74) is 8.97. The van der Waals surface area contributed by atoms with Gasteiger partial charge in [0.05, 0.1) is 18.5 Å². The molecule has 3 N–H and O–H groups in total. The van der Waals surface area contributed by atoms with E-state index in [-0.39, 0.29) is 5.97 Å². The molecule has 0 radical (unpaired) electrons. The summed E-state index contributed by atoms with van der Waals surface area (Å²) in [5, 5.41) is 3.57. The van der Waals surface area contributed by atoms with Gasteiger partial charge in [0.2, 0.25) is 0 Å². The van der Waals surface area contributed by atoms with Crippen molar-refractivity contribution in [2.45, 2.75) is 51.5 Å². The first-order chi connectivity index (χ1) is 10.1. The van der Waals surface area contributed by atoms with E-state index in [1.807, 2.05) is 18.2 Å². The van der Waals surface area contributed by atoms with Gasteiger partial charge in [0.15, 0.2) is 0 Å². The number of hydrogen-bond donors (Lipinski definition) is 2. The van der Waals surface area contributed by atoms with Crippen molar-refractivity contribution >= 4 is 17.3 Å². The first kappa shape index (κ1) is 15.7. The second-order valence-corrected chi connectivity index (χ2v) is 6.11. The molecule has 21 heavy (non-hydrogen) atoms. The number of esters is 1. The van der Waals surface area contributed by atoms with Gasteiger partial charge < -0.3 is 15.8 Å². The number of nitrogens with two attached hydrogens (primary N) is 1. The van der Waals surface area contributed by atoms with E-state index in [4.69, 9.17) is 5.73 Å². The minimum absolute atomic E-state index is 0.188. The molecule has 0 aromatic heterocycles. The lowest BCUT2D eigenvalue weighted by molar-refractivity contribution is -0.140. The van der Waals surface area contributed by atoms with Crippen molar-refractivity contribution in [1.82, 2.24) is 0 Å². The number of carbonyl (C=O) groups excluding carboxylic acids is 1. The van der Waals surface area contributed by atoms with Crippen molar-refractivity contribution < 1.29 is 9.53 Å². The maximum atomic E-state index is 11.2. The lowest BCUT2D eigenvalue weighted by atomic mass is 9.87. The van der Waals surface area contributed by atoms with Gasteiger partial charge in [0, 0.05) is 12.5 Å². The van der Waals surface area contributed by atoms with Crippen LogP contribution in [0.25, 0.3) is 0 Å². The Hall–Kier alpha value is -1.71. The molecule has 0 aliphatic heterocycles. The summed E-state index contributed by atoms with van der Waals surface area (Å²) >= 11 is 0. The maximum absolute atomic E-state index is 11.2. The van der Waals surface area contributed by atoms with Gasteiger partial charge >= 0.3 is 5.97 Å². The Labute approximate surface area is 127 Å². The summed E-state index contributed by atoms with van der Waals surface area (Å²) in [6.45, 7) is 2.31. The van der Waals surface area contributed by atoms with Crippen molar-refractivity contribution in [3.63, 3.8) is 0 Å². The molecule has 0 amide bonds. The zero-order valence-corrected chi connectivity index (χ0v) is 13.0. The van der Waals surface area contributed by atoms with Gasteiger partial charge in [-0.1, -0.05) is 25.8 Å². The molecule has 1 aromatic carbocycles. The fourth-order valence-electron chi connectivity index (χ4n) is 3.03. The molecule has 1 aromatic rings. The van der Waals surface area contributed by atoms with Gasteiger partial charge in [0.25, 0.3) is 0 Å². The predicted molar refractivity (Wildman–Crippen MR) is 86.2 cm³/mol. The summed E-state index contributed by atoms with van der Waals surface area (Å²) < 4.78 is 4.65. The average Bonchev–Trinajstić information content (AvgIpc) is 2.47. The van der Waals surface area contributed by atoms with Crippen LogP contribution in [0.1, 0.15) is 44.6 Å². The number of nitrogens with one attached hydrogen (secondary N) is 1. The zero-order valence-electron chi connectivity index (χ0n) is 13.0. The van der Waals surface area contributed by atoms with Crippen LogP contribution in [-0.4, -0.2) is 19.1 Å². The number of ether oxygens (including phenoxy) is 1. The standard InChI is InChI=1S/C17H26N2O2/c1-12-4-3-5-14(10-12)19-16-8-6-13(11-15(16)18)7-9-17(20)21-2/h6,8,11-12,14,19H,3-5,7,9-10,18H2,1-2H3. The minimum Gasteiger partial charge on any atom is -0.469 e. The summed E-state index contributed by atoms with van der Waals surface area (Å²) in [6.07, 6.45) is 6.11. The van der Waals surface area contributed by atoms with Crippen LogP contribution in [-0.2, 0) is 16.0 Å². The minimum atomic E-state index is -0.188. The SMILES string of the molecule is COC(=O)CCc1ccc(NC2CCCC(C)C2)c(N)c1. The Kier molecular flexibility index (Phi) is 5.48. The van der Waals surface area contributed by atoms with E-state index in [0.29, 0.717) is 18.9 Å². The van der Waals surface area contributed by atoms with Crippen molar-refractivity contribution in [2.24, 2.45) is 5.92 Å². The largest absolute Gasteiger partial charge is 0.469 e. The van der Waals surface area contributed by atoms with Crippen LogP contribution in [0.3, 0.4) is 0 Å². The smallest absolute Gasteiger partial charge is 0.305 e. The van der Waals surface area contributed by atoms with E-state index in [9.17, 15) is 4.79 Å². The van der Waals surface area contributed by atoms with Gasteiger partial charge in [0.1, 0.15) is 0 Å². The van der Waals surface area contributed by atoms with Gasteiger partial charge in [-0.25, -0.2) is 0 Å². The number of methoxy groups -OCH3 is 1. The third kappa shape index (κ3) is 4.66. The molecule has 116 valence electrons. The number of aryl methyl sites for hydroxylation is 1. The third-order valence-corrected chi connectivity index (χ3v) is 4.26. The van der Waals surface area contributed by atoms with Crippen LogP contribution in [0, 0.1) is 5.92 Å². The van der Waals surface area contributed by atoms with Crippen LogP contribution >= 0.6 is 0 Å². The second-order valence-electron chi connectivity index (χ2n) is 6.11. The van der Waals surface area contributed by atoms with Gasteiger partial charge in [-0.05, 0) is 42.9 Å². The van der Waals surface area contributed by atoms with E-state index >= 15 is 0 Å². The van der Waals surface area contributed by atoms with Crippen molar-refractivity contribution in [3.05, 3.63) is 23.8 Å². The molecule has 0 heterocycles. The molecular weight excluding hydrogens is 264 g/mol. The second kappa shape index (κ2) is 7.34. The first-order valence-corrected chi connectivity index (χ1v) is 7.80. The van der Waals surface area contributed by atoms with Crippen LogP contribution in [0.15, 0.2) is 18.2 Å². The Bertz CT molecular complexity index is 488. The first-order valence-electron chi connectivity index (χ1n) is 7.80. The molecule has 2 atom stereocenters. The third-order valence-electron chi connectivity index (χ3n) is 4.26. The summed E-state index contributed by atoms with van der Waals surface area (Å²) in [6, 6.07) is 6.55. The van der Waals surface area contributed by atoms with E-state index in [1.165, 1.54) is 32.8 Å². The highest BCUT2D eigenvalue weighted by Gasteiger charge is 2.19. The summed E-state index contributed by atoms with van der Waals surface area (Å²) in [5.74, 6) is 0.601. The number of hydrogen-bond acceptors (Lipinski definition) is 4. The van der Waals surface area contributed by atoms with Crippen LogP contribution in [0.2, 0.25) is 0 Å². The summed E-state index contributed by atoms with van der Waals surface area (Å²) in [4.78, 5) is 11.2. The number of carbonyl (C=O) groups is 1. The topological polar surface area (TPSA) is 64.3 Å². The summed E-state index contributed by atoms with van der Waals surface area (Å²) in [7, 11) is 1.41. The van der Waals surface area contributed by atoms with E-state index in [0.717, 1.165) is 22.9 Å². The highest BCUT2D eigenvalue weighted by Crippen LogP contribution is 2.28. The Morgan fingerprint density at radius 3 is 2.90 bits per heavy atom. The number of nitrogen functional groups attached to an aromatic ring is 1. The molecule has 2 unspecified atom stereocenters. The van der Waals surface area contributed by atoms with Crippen LogP contribution < -0.4 is 11.1 Å². The average molecular weight is 290 g/mol. The highest BCUT2D eigenvalue weighted by molar-refractivity contribution is 5.70. The normalized spacial score (nSPS) is 21.8. The number of rotatable bonds is 5. The van der Waals surface area contributed by atoms with Gasteiger partial charge in [-0.2, -0.15) is 0 Å². The monoisotopic (exact) mass is 290 g/mol. The van der Waals surface area contributed by atoms with Crippen molar-refractivity contribution in [3.8, 4) is 0 Å². The van der Waals surface area contributed by atoms with E-state index in [1.54, 1.807) is 0 Å². The molecule has 1 saturated carbocycles. The lowest BCUT2D eigenvalue weighted by Gasteiger charge is -2.28. The Morgan fingerprint density at radius 1 is 1.43 bits per heavy atom. The molecule has 1 aliphatic carbocycles. The maximum Gasteiger partial charge on any atom is 0.305 e. The van der Waals surface area contributed by atoms with Gasteiger partial charge in [-0.3, -0.25) is 4.79 Å². The molecule has 2 rings (SSSR count). The Morgan fingerprint density at radius 2 is 2.24 bits per heavy atom. The van der Waals surface area contributed by atoms with E-state index < -0.39 is 0 Å². The van der Waals surface area contributed by atoms with E-state index in [2.05, 4.69) is 17.0 Å². The quantitative estimate of drug-likeness (QED) is 0.644. The molecule has 0 bridgehead atoms. The fourth-order valence-corrected chi connectivity index (χ4v) is 3.03. The Balaban J connectivity index is 1.93. The molecule has 4 heteroatoms. The molecular formula is C17H26N2O2. The molecule has 4 nitrogen and oxygen atoms in total. The van der Waals surface area contributed by atoms with Crippen LogP contribution in [0.4, 0.5) is 11.4 Å². The highest BCUT2D eigenvalue weighted by atomic mass is 16.5. The fraction of sp³-hybridized carbons (Fsp3) is 0.588.